The monoisotopic (exact) mass is 508 g/mol. The van der Waals surface area contributed by atoms with Crippen LogP contribution in [0, 0.1) is 22.6 Å². The minimum atomic E-state index is -1.18. The summed E-state index contributed by atoms with van der Waals surface area (Å²) in [7, 11) is 1.60. The molecular formula is C28H33FN4O4. The molecule has 0 bridgehead atoms. The molecule has 37 heavy (non-hydrogen) atoms. The summed E-state index contributed by atoms with van der Waals surface area (Å²) in [5.74, 6) is -2.32. The minimum Gasteiger partial charge on any atom is -0.376 e. The first-order chi connectivity index (χ1) is 17.5. The van der Waals surface area contributed by atoms with Gasteiger partial charge in [-0.25, -0.2) is 9.40 Å². The smallest absolute Gasteiger partial charge is 0.256 e. The maximum Gasteiger partial charge on any atom is 0.256 e. The molecule has 2 N–H and O–H groups in total. The number of hydrogen-bond donors (Lipinski definition) is 1. The third-order valence-corrected chi connectivity index (χ3v) is 7.54. The molecule has 196 valence electrons. The van der Waals surface area contributed by atoms with Crippen LogP contribution in [0.4, 0.5) is 4.39 Å². The Bertz CT molecular complexity index is 1200. The normalized spacial score (nSPS) is 20.4. The molecule has 1 fully saturated rings. The van der Waals surface area contributed by atoms with Crippen LogP contribution in [0.15, 0.2) is 59.7 Å². The molecule has 2 atom stereocenters. The molecule has 2 aromatic rings. The van der Waals surface area contributed by atoms with E-state index in [0.29, 0.717) is 18.7 Å². The first kappa shape index (κ1) is 26.5. The van der Waals surface area contributed by atoms with E-state index in [1.54, 1.807) is 37.9 Å². The van der Waals surface area contributed by atoms with E-state index in [9.17, 15) is 18.8 Å². The first-order valence-electron chi connectivity index (χ1n) is 12.4. The summed E-state index contributed by atoms with van der Waals surface area (Å²) in [5, 5.41) is 5.79. The van der Waals surface area contributed by atoms with Crippen molar-refractivity contribution < 1.29 is 23.5 Å². The van der Waals surface area contributed by atoms with Crippen molar-refractivity contribution in [3.8, 4) is 0 Å². The van der Waals surface area contributed by atoms with Crippen LogP contribution >= 0.6 is 0 Å². The number of carbonyl (C=O) groups excluding carboxylic acids is 3. The summed E-state index contributed by atoms with van der Waals surface area (Å²) in [5.41, 5.74) is 5.91. The number of nitrogens with two attached hydrogens (primary N) is 1. The number of benzene rings is 2. The highest BCUT2D eigenvalue weighted by Crippen LogP contribution is 2.39. The quantitative estimate of drug-likeness (QED) is 0.562. The van der Waals surface area contributed by atoms with Crippen molar-refractivity contribution in [1.82, 2.24) is 9.91 Å². The third-order valence-electron chi connectivity index (χ3n) is 7.54. The van der Waals surface area contributed by atoms with Gasteiger partial charge in [-0.1, -0.05) is 56.3 Å². The van der Waals surface area contributed by atoms with Crippen molar-refractivity contribution in [3.63, 3.8) is 0 Å². The highest BCUT2D eigenvalue weighted by atomic mass is 19.1. The topological polar surface area (TPSA) is 105 Å². The highest BCUT2D eigenvalue weighted by molar-refractivity contribution is 6.13. The number of halogens is 1. The van der Waals surface area contributed by atoms with E-state index in [2.05, 4.69) is 5.10 Å². The van der Waals surface area contributed by atoms with Crippen LogP contribution in [0.1, 0.15) is 31.4 Å². The molecule has 2 aliphatic rings. The average molecular weight is 509 g/mol. The van der Waals surface area contributed by atoms with Crippen molar-refractivity contribution in [2.75, 3.05) is 26.7 Å². The van der Waals surface area contributed by atoms with Crippen LogP contribution in [-0.2, 0) is 32.1 Å². The Labute approximate surface area is 216 Å². The third kappa shape index (κ3) is 5.27. The zero-order chi connectivity index (χ0) is 26.8. The molecule has 1 saturated heterocycles. The molecule has 4 rings (SSSR count). The molecule has 2 heterocycles. The molecule has 3 amide bonds. The fourth-order valence-electron chi connectivity index (χ4n) is 5.07. The van der Waals surface area contributed by atoms with E-state index in [0.717, 1.165) is 11.1 Å². The van der Waals surface area contributed by atoms with E-state index in [-0.39, 0.29) is 43.8 Å². The van der Waals surface area contributed by atoms with E-state index < -0.39 is 22.7 Å². The number of rotatable bonds is 9. The van der Waals surface area contributed by atoms with Gasteiger partial charge in [0.05, 0.1) is 30.3 Å². The van der Waals surface area contributed by atoms with E-state index >= 15 is 0 Å². The fraction of sp³-hybridized carbons (Fsp3) is 0.429. The first-order valence-corrected chi connectivity index (χ1v) is 12.4. The number of fused-ring (bicyclic) bond motifs is 1. The van der Waals surface area contributed by atoms with Gasteiger partial charge >= 0.3 is 0 Å². The zero-order valence-corrected chi connectivity index (χ0v) is 21.4. The molecule has 8 nitrogen and oxygen atoms in total. The van der Waals surface area contributed by atoms with Crippen LogP contribution in [0.3, 0.4) is 0 Å². The van der Waals surface area contributed by atoms with E-state index in [1.165, 1.54) is 17.1 Å². The number of primary amides is 1. The van der Waals surface area contributed by atoms with Crippen LogP contribution in [0.5, 0.6) is 0 Å². The van der Waals surface area contributed by atoms with Gasteiger partial charge in [0.15, 0.2) is 0 Å². The SMILES string of the molecule is CN1N=C2CCN(C(=O)C(COCc3ccccc3)C(C)(C)C(N)=O)C[C@]2(Cc2ccc(F)cc2)C1=O. The largest absolute Gasteiger partial charge is 0.376 e. The summed E-state index contributed by atoms with van der Waals surface area (Å²) < 4.78 is 19.4. The summed E-state index contributed by atoms with van der Waals surface area (Å²) in [6.07, 6.45) is 0.699. The number of ether oxygens (including phenoxy) is 1. The molecule has 2 aromatic carbocycles. The number of carbonyl (C=O) groups is 3. The van der Waals surface area contributed by atoms with Crippen molar-refractivity contribution in [3.05, 3.63) is 71.5 Å². The summed E-state index contributed by atoms with van der Waals surface area (Å²) >= 11 is 0. The summed E-state index contributed by atoms with van der Waals surface area (Å²) in [4.78, 5) is 41.3. The van der Waals surface area contributed by atoms with Crippen LogP contribution in [-0.4, -0.2) is 60.1 Å². The molecule has 0 radical (unpaired) electrons. The molecule has 1 unspecified atom stereocenters. The maximum atomic E-state index is 13.9. The van der Waals surface area contributed by atoms with Gasteiger partial charge in [-0.15, -0.1) is 0 Å². The van der Waals surface area contributed by atoms with Crippen molar-refractivity contribution in [1.29, 1.82) is 0 Å². The van der Waals surface area contributed by atoms with Crippen LogP contribution in [0.2, 0.25) is 0 Å². The lowest BCUT2D eigenvalue weighted by molar-refractivity contribution is -0.151. The van der Waals surface area contributed by atoms with Gasteiger partial charge in [-0.2, -0.15) is 5.10 Å². The number of nitrogens with zero attached hydrogens (tertiary/aromatic N) is 3. The van der Waals surface area contributed by atoms with E-state index in [4.69, 9.17) is 10.5 Å². The van der Waals surface area contributed by atoms with Gasteiger partial charge < -0.3 is 15.4 Å². The number of likely N-dealkylation sites (tertiary alicyclic amines) is 1. The van der Waals surface area contributed by atoms with Gasteiger partial charge in [-0.05, 0) is 29.7 Å². The molecule has 2 aliphatic heterocycles. The number of hydrogen-bond acceptors (Lipinski definition) is 5. The Balaban J connectivity index is 1.58. The standard InChI is InChI=1S/C28H33FN4O4/c1-27(2,25(30)35)22(17-37-16-20-7-5-4-6-8-20)24(34)33-14-13-23-28(18-33,26(36)32(3)31-23)15-19-9-11-21(29)12-10-19/h4-12,22H,13-18H2,1-3H3,(H2,30,35)/t22?,28-/m0/s1. The predicted octanol–water partition coefficient (Wildman–Crippen LogP) is 2.76. The molecule has 0 aliphatic carbocycles. The number of amides is 3. The minimum absolute atomic E-state index is 0.0000740. The molecule has 0 aromatic heterocycles. The fourth-order valence-corrected chi connectivity index (χ4v) is 5.07. The Morgan fingerprint density at radius 2 is 1.81 bits per heavy atom. The average Bonchev–Trinajstić information content (AvgIpc) is 3.12. The maximum absolute atomic E-state index is 13.9. The second-order valence-corrected chi connectivity index (χ2v) is 10.4. The van der Waals surface area contributed by atoms with Crippen molar-refractivity contribution in [2.24, 2.45) is 27.6 Å². The Hall–Kier alpha value is -3.59. The summed E-state index contributed by atoms with van der Waals surface area (Å²) in [6.45, 7) is 4.03. The lowest BCUT2D eigenvalue weighted by Gasteiger charge is -2.42. The molecule has 9 heteroatoms. The second kappa shape index (κ2) is 10.4. The zero-order valence-electron chi connectivity index (χ0n) is 21.4. The van der Waals surface area contributed by atoms with Gasteiger partial charge in [0.25, 0.3) is 5.91 Å². The van der Waals surface area contributed by atoms with Gasteiger partial charge in [0.2, 0.25) is 11.8 Å². The lowest BCUT2D eigenvalue weighted by atomic mass is 9.72. The van der Waals surface area contributed by atoms with Gasteiger partial charge in [0.1, 0.15) is 11.2 Å². The Morgan fingerprint density at radius 1 is 1.14 bits per heavy atom. The Morgan fingerprint density at radius 3 is 2.46 bits per heavy atom. The van der Waals surface area contributed by atoms with Crippen LogP contribution in [0.25, 0.3) is 0 Å². The van der Waals surface area contributed by atoms with Crippen LogP contribution < -0.4 is 5.73 Å². The second-order valence-electron chi connectivity index (χ2n) is 10.4. The summed E-state index contributed by atoms with van der Waals surface area (Å²) in [6, 6.07) is 15.5. The van der Waals surface area contributed by atoms with E-state index in [1.807, 2.05) is 30.3 Å². The highest BCUT2D eigenvalue weighted by Gasteiger charge is 2.54. The van der Waals surface area contributed by atoms with Crippen molar-refractivity contribution in [2.45, 2.75) is 33.3 Å². The van der Waals surface area contributed by atoms with Crippen molar-refractivity contribution >= 4 is 23.4 Å². The number of hydrazone groups is 1. The van der Waals surface area contributed by atoms with Gasteiger partial charge in [0, 0.05) is 26.6 Å². The molecule has 0 spiro atoms. The molecular weight excluding hydrogens is 475 g/mol. The molecule has 0 saturated carbocycles. The predicted molar refractivity (Wildman–Crippen MR) is 137 cm³/mol. The Kier molecular flexibility index (Phi) is 7.45. The lowest BCUT2D eigenvalue weighted by Crippen LogP contribution is -2.58. The number of piperidine rings is 1. The van der Waals surface area contributed by atoms with Gasteiger partial charge in [-0.3, -0.25) is 14.4 Å².